The molecular weight excluding hydrogens is 360 g/mol. The number of rotatable bonds is 5. The van der Waals surface area contributed by atoms with Gasteiger partial charge < -0.3 is 5.11 Å². The largest absolute Gasteiger partial charge is 0.392 e. The quantitative estimate of drug-likeness (QED) is 0.808. The molecule has 1 heterocycles. The van der Waals surface area contributed by atoms with Crippen LogP contribution in [0.4, 0.5) is 0 Å². The highest BCUT2D eigenvalue weighted by molar-refractivity contribution is 9.10. The third kappa shape index (κ3) is 3.67. The van der Waals surface area contributed by atoms with Gasteiger partial charge in [-0.2, -0.15) is 5.10 Å². The summed E-state index contributed by atoms with van der Waals surface area (Å²) in [6.07, 6.45) is 1.50. The van der Waals surface area contributed by atoms with E-state index in [1.165, 1.54) is 17.1 Å². The topological polar surface area (TPSA) is 97.1 Å². The van der Waals surface area contributed by atoms with Crippen molar-refractivity contribution in [3.63, 3.8) is 0 Å². The second-order valence-electron chi connectivity index (χ2n) is 4.52. The van der Waals surface area contributed by atoms with Gasteiger partial charge in [0.15, 0.2) is 5.82 Å². The van der Waals surface area contributed by atoms with Crippen LogP contribution >= 0.6 is 15.9 Å². The minimum atomic E-state index is -3.72. The van der Waals surface area contributed by atoms with Gasteiger partial charge in [0.25, 0.3) is 0 Å². The summed E-state index contributed by atoms with van der Waals surface area (Å²) >= 11 is 3.30. The van der Waals surface area contributed by atoms with Crippen molar-refractivity contribution in [1.82, 2.24) is 19.5 Å². The highest BCUT2D eigenvalue weighted by Crippen LogP contribution is 2.25. The predicted octanol–water partition coefficient (Wildman–Crippen LogP) is 0.857. The molecule has 0 spiro atoms. The molecule has 0 amide bonds. The van der Waals surface area contributed by atoms with E-state index in [2.05, 4.69) is 30.7 Å². The Balaban J connectivity index is 2.29. The van der Waals surface area contributed by atoms with Crippen molar-refractivity contribution in [2.45, 2.75) is 25.0 Å². The molecule has 21 heavy (non-hydrogen) atoms. The molecule has 1 aromatic carbocycles. The van der Waals surface area contributed by atoms with Gasteiger partial charge in [-0.3, -0.25) is 4.68 Å². The fraction of sp³-hybridized carbons (Fsp3) is 0.333. The van der Waals surface area contributed by atoms with Gasteiger partial charge in [0, 0.05) is 11.5 Å². The number of aromatic nitrogens is 3. The first-order chi connectivity index (χ1) is 9.83. The van der Waals surface area contributed by atoms with E-state index in [0.29, 0.717) is 21.4 Å². The summed E-state index contributed by atoms with van der Waals surface area (Å²) in [7, 11) is -2.01. The van der Waals surface area contributed by atoms with Crippen molar-refractivity contribution in [2.75, 3.05) is 0 Å². The Bertz CT molecular complexity index is 758. The van der Waals surface area contributed by atoms with Crippen molar-refractivity contribution < 1.29 is 13.5 Å². The molecule has 114 valence electrons. The maximum atomic E-state index is 12.4. The standard InChI is InChI=1S/C12H15BrN4O3S/c1-8-10(13)3-9(6-18)4-11(8)21(19,20)15-5-12-14-7-17(2)16-12/h3-4,7,15,18H,5-6H2,1-2H3. The summed E-state index contributed by atoms with van der Waals surface area (Å²) in [4.78, 5) is 4.08. The average molecular weight is 375 g/mol. The first-order valence-electron chi connectivity index (χ1n) is 6.07. The number of aliphatic hydroxyl groups is 1. The highest BCUT2D eigenvalue weighted by atomic mass is 79.9. The number of nitrogens with one attached hydrogen (secondary N) is 1. The monoisotopic (exact) mass is 374 g/mol. The maximum absolute atomic E-state index is 12.4. The molecule has 2 N–H and O–H groups in total. The van der Waals surface area contributed by atoms with E-state index in [-0.39, 0.29) is 18.0 Å². The zero-order valence-electron chi connectivity index (χ0n) is 11.5. The minimum Gasteiger partial charge on any atom is -0.392 e. The number of aliphatic hydroxyl groups excluding tert-OH is 1. The van der Waals surface area contributed by atoms with Crippen molar-refractivity contribution >= 4 is 26.0 Å². The van der Waals surface area contributed by atoms with E-state index in [1.54, 1.807) is 20.0 Å². The van der Waals surface area contributed by atoms with Gasteiger partial charge in [0.05, 0.1) is 18.0 Å². The van der Waals surface area contributed by atoms with E-state index in [0.717, 1.165) is 0 Å². The van der Waals surface area contributed by atoms with Crippen molar-refractivity contribution in [3.8, 4) is 0 Å². The van der Waals surface area contributed by atoms with Gasteiger partial charge in [-0.1, -0.05) is 15.9 Å². The number of halogens is 1. The van der Waals surface area contributed by atoms with E-state index < -0.39 is 10.0 Å². The van der Waals surface area contributed by atoms with E-state index in [9.17, 15) is 13.5 Å². The highest BCUT2D eigenvalue weighted by Gasteiger charge is 2.19. The third-order valence-corrected chi connectivity index (χ3v) is 5.25. The van der Waals surface area contributed by atoms with Crippen LogP contribution in [0.3, 0.4) is 0 Å². The molecular formula is C12H15BrN4O3S. The molecule has 0 fully saturated rings. The Morgan fingerprint density at radius 3 is 2.71 bits per heavy atom. The van der Waals surface area contributed by atoms with Crippen LogP contribution in [-0.4, -0.2) is 28.3 Å². The molecule has 0 aliphatic carbocycles. The van der Waals surface area contributed by atoms with Crippen LogP contribution in [0.15, 0.2) is 27.8 Å². The summed E-state index contributed by atoms with van der Waals surface area (Å²) in [6.45, 7) is 1.46. The smallest absolute Gasteiger partial charge is 0.241 e. The normalized spacial score (nSPS) is 11.8. The molecule has 2 aromatic rings. The molecule has 0 aliphatic rings. The maximum Gasteiger partial charge on any atom is 0.241 e. The third-order valence-electron chi connectivity index (χ3n) is 2.90. The van der Waals surface area contributed by atoms with Crippen molar-refractivity contribution in [1.29, 1.82) is 0 Å². The summed E-state index contributed by atoms with van der Waals surface area (Å²) in [5.74, 6) is 0.385. The summed E-state index contributed by atoms with van der Waals surface area (Å²) in [6, 6.07) is 3.14. The molecule has 9 heteroatoms. The predicted molar refractivity (Wildman–Crippen MR) is 79.8 cm³/mol. The Hall–Kier alpha value is -1.29. The molecule has 0 saturated carbocycles. The Kier molecular flexibility index (Phi) is 4.77. The van der Waals surface area contributed by atoms with Crippen LogP contribution in [0, 0.1) is 6.92 Å². The van der Waals surface area contributed by atoms with Gasteiger partial charge in [-0.05, 0) is 30.2 Å². The second kappa shape index (κ2) is 6.22. The summed E-state index contributed by atoms with van der Waals surface area (Å²) in [5, 5.41) is 13.2. The van der Waals surface area contributed by atoms with E-state index in [4.69, 9.17) is 0 Å². The molecule has 0 aliphatic heterocycles. The second-order valence-corrected chi connectivity index (χ2v) is 7.11. The lowest BCUT2D eigenvalue weighted by Gasteiger charge is -2.11. The molecule has 0 radical (unpaired) electrons. The van der Waals surface area contributed by atoms with Gasteiger partial charge in [-0.15, -0.1) is 0 Å². The van der Waals surface area contributed by atoms with Gasteiger partial charge in [0.1, 0.15) is 6.33 Å². The number of benzene rings is 1. The molecule has 0 unspecified atom stereocenters. The van der Waals surface area contributed by atoms with Crippen LogP contribution < -0.4 is 4.72 Å². The van der Waals surface area contributed by atoms with Crippen LogP contribution in [0.1, 0.15) is 17.0 Å². The van der Waals surface area contributed by atoms with Gasteiger partial charge in [0.2, 0.25) is 10.0 Å². The van der Waals surface area contributed by atoms with Crippen LogP contribution in [0.25, 0.3) is 0 Å². The zero-order chi connectivity index (χ0) is 15.6. The minimum absolute atomic E-state index is 0.00356. The van der Waals surface area contributed by atoms with Gasteiger partial charge in [-0.25, -0.2) is 18.1 Å². The molecule has 7 nitrogen and oxygen atoms in total. The Labute approximate surface area is 131 Å². The number of sulfonamides is 1. The molecule has 1 aromatic heterocycles. The fourth-order valence-electron chi connectivity index (χ4n) is 1.78. The lowest BCUT2D eigenvalue weighted by Crippen LogP contribution is -2.25. The Morgan fingerprint density at radius 2 is 2.14 bits per heavy atom. The lowest BCUT2D eigenvalue weighted by molar-refractivity contribution is 0.281. The molecule has 0 atom stereocenters. The van der Waals surface area contributed by atoms with Crippen molar-refractivity contribution in [2.24, 2.45) is 7.05 Å². The first kappa shape index (κ1) is 16.1. The van der Waals surface area contributed by atoms with Crippen LogP contribution in [0.2, 0.25) is 0 Å². The first-order valence-corrected chi connectivity index (χ1v) is 8.35. The van der Waals surface area contributed by atoms with Crippen LogP contribution in [0.5, 0.6) is 0 Å². The van der Waals surface area contributed by atoms with Crippen molar-refractivity contribution in [3.05, 3.63) is 39.9 Å². The number of hydrogen-bond donors (Lipinski definition) is 2. The number of nitrogens with zero attached hydrogens (tertiary/aromatic N) is 3. The fourth-order valence-corrected chi connectivity index (χ4v) is 3.71. The van der Waals surface area contributed by atoms with E-state index >= 15 is 0 Å². The SMILES string of the molecule is Cc1c(Br)cc(CO)cc1S(=O)(=O)NCc1ncn(C)n1. The number of aryl methyl sites for hydroxylation is 1. The zero-order valence-corrected chi connectivity index (χ0v) is 13.9. The molecule has 2 rings (SSSR count). The number of hydrogen-bond acceptors (Lipinski definition) is 5. The molecule has 0 saturated heterocycles. The summed E-state index contributed by atoms with van der Waals surface area (Å²) in [5.41, 5.74) is 1.09. The lowest BCUT2D eigenvalue weighted by atomic mass is 10.2. The van der Waals surface area contributed by atoms with Gasteiger partial charge >= 0.3 is 0 Å². The van der Waals surface area contributed by atoms with Crippen LogP contribution in [-0.2, 0) is 30.2 Å². The summed E-state index contributed by atoms with van der Waals surface area (Å²) < 4.78 is 29.3. The average Bonchev–Trinajstić information content (AvgIpc) is 2.85. The molecule has 0 bridgehead atoms. The Morgan fingerprint density at radius 1 is 1.43 bits per heavy atom. The van der Waals surface area contributed by atoms with E-state index in [1.807, 2.05) is 0 Å².